The maximum absolute atomic E-state index is 2.44. The third-order valence-corrected chi connectivity index (χ3v) is 9.81. The molecule has 1 nitrogen and oxygen atoms in total. The van der Waals surface area contributed by atoms with Crippen LogP contribution in [0.3, 0.4) is 0 Å². The molecule has 3 heteroatoms. The standard InChI is InChI=1S/C32H17NS2/c1-2-8-19-18(7-1)17-33-27-14-25-21-10-4-6-12-29(21)35-31(25)16-23(27)22-15-30-24(13-26(22)32(19)33)20-9-3-5-11-28(20)34-30/h1-17H. The zero-order valence-corrected chi connectivity index (χ0v) is 20.2. The number of pyridine rings is 1. The Kier molecular flexibility index (Phi) is 3.36. The maximum atomic E-state index is 2.44. The van der Waals surface area contributed by atoms with Crippen molar-refractivity contribution in [1.82, 2.24) is 4.40 Å². The Hall–Kier alpha value is -3.92. The lowest BCUT2D eigenvalue weighted by molar-refractivity contribution is 1.30. The highest BCUT2D eigenvalue weighted by Gasteiger charge is 2.17. The number of hydrogen-bond donors (Lipinski definition) is 0. The molecule has 35 heavy (non-hydrogen) atoms. The molecule has 0 fully saturated rings. The number of thiophene rings is 2. The highest BCUT2D eigenvalue weighted by atomic mass is 32.1. The summed E-state index contributed by atoms with van der Waals surface area (Å²) in [6, 6.07) is 36.1. The molecule has 4 aromatic heterocycles. The van der Waals surface area contributed by atoms with E-state index in [2.05, 4.69) is 108 Å². The van der Waals surface area contributed by atoms with E-state index < -0.39 is 0 Å². The third kappa shape index (κ3) is 2.32. The first kappa shape index (κ1) is 18.4. The molecule has 5 aromatic carbocycles. The summed E-state index contributed by atoms with van der Waals surface area (Å²) in [6.45, 7) is 0. The minimum atomic E-state index is 1.28. The Labute approximate surface area is 208 Å². The lowest BCUT2D eigenvalue weighted by Gasteiger charge is -2.11. The summed E-state index contributed by atoms with van der Waals surface area (Å²) in [7, 11) is 0. The van der Waals surface area contributed by atoms with Crippen molar-refractivity contribution >= 4 is 101 Å². The molecular formula is C32H17NS2. The van der Waals surface area contributed by atoms with Gasteiger partial charge in [-0.3, -0.25) is 0 Å². The summed E-state index contributed by atoms with van der Waals surface area (Å²) in [5.74, 6) is 0. The minimum Gasteiger partial charge on any atom is -0.315 e. The van der Waals surface area contributed by atoms with Gasteiger partial charge in [0.15, 0.2) is 0 Å². The van der Waals surface area contributed by atoms with E-state index in [4.69, 9.17) is 0 Å². The lowest BCUT2D eigenvalue weighted by atomic mass is 10.00. The molecule has 0 N–H and O–H groups in total. The average Bonchev–Trinajstić information content (AvgIpc) is 3.57. The molecule has 0 saturated carbocycles. The van der Waals surface area contributed by atoms with Crippen LogP contribution in [0, 0.1) is 0 Å². The lowest BCUT2D eigenvalue weighted by Crippen LogP contribution is -1.90. The fourth-order valence-corrected chi connectivity index (χ4v) is 8.24. The molecule has 0 bridgehead atoms. The molecule has 162 valence electrons. The maximum Gasteiger partial charge on any atom is 0.0613 e. The fourth-order valence-electron chi connectivity index (χ4n) is 5.99. The Morgan fingerprint density at radius 3 is 1.77 bits per heavy atom. The van der Waals surface area contributed by atoms with Crippen LogP contribution < -0.4 is 0 Å². The van der Waals surface area contributed by atoms with Crippen molar-refractivity contribution in [3.8, 4) is 0 Å². The van der Waals surface area contributed by atoms with Gasteiger partial charge in [0, 0.05) is 68.1 Å². The van der Waals surface area contributed by atoms with E-state index in [1.807, 2.05) is 22.7 Å². The molecular weight excluding hydrogens is 462 g/mol. The van der Waals surface area contributed by atoms with Crippen molar-refractivity contribution in [2.75, 3.05) is 0 Å². The number of aromatic nitrogens is 1. The predicted octanol–water partition coefficient (Wildman–Crippen LogP) is 10.1. The van der Waals surface area contributed by atoms with Gasteiger partial charge in [-0.1, -0.05) is 60.7 Å². The second kappa shape index (κ2) is 6.39. The Balaban J connectivity index is 1.60. The van der Waals surface area contributed by atoms with Gasteiger partial charge in [0.1, 0.15) is 0 Å². The SMILES string of the molecule is c1ccc2c(c1)cn1c3cc4c(cc3c3cc5sc6ccccc6c5cc3c21)sc1ccccc14. The molecule has 0 saturated heterocycles. The number of fused-ring (bicyclic) bond motifs is 14. The molecule has 0 aliphatic heterocycles. The molecule has 0 atom stereocenters. The zero-order chi connectivity index (χ0) is 22.7. The topological polar surface area (TPSA) is 4.41 Å². The minimum absolute atomic E-state index is 1.28. The quantitative estimate of drug-likeness (QED) is 0.191. The van der Waals surface area contributed by atoms with Gasteiger partial charge in [-0.2, -0.15) is 0 Å². The van der Waals surface area contributed by atoms with Gasteiger partial charge in [-0.15, -0.1) is 22.7 Å². The van der Waals surface area contributed by atoms with E-state index in [1.54, 1.807) is 0 Å². The third-order valence-electron chi connectivity index (χ3n) is 7.54. The monoisotopic (exact) mass is 479 g/mol. The van der Waals surface area contributed by atoms with E-state index in [0.29, 0.717) is 0 Å². The van der Waals surface area contributed by atoms with Crippen molar-refractivity contribution < 1.29 is 0 Å². The highest BCUT2D eigenvalue weighted by molar-refractivity contribution is 7.26. The Morgan fingerprint density at radius 2 is 1.03 bits per heavy atom. The van der Waals surface area contributed by atoms with Gasteiger partial charge in [0.25, 0.3) is 0 Å². The van der Waals surface area contributed by atoms with Crippen LogP contribution >= 0.6 is 22.7 Å². The molecule has 0 amide bonds. The van der Waals surface area contributed by atoms with Crippen molar-refractivity contribution in [3.63, 3.8) is 0 Å². The number of benzene rings is 5. The van der Waals surface area contributed by atoms with Crippen LogP contribution in [0.4, 0.5) is 0 Å². The summed E-state index contributed by atoms with van der Waals surface area (Å²) >= 11 is 3.80. The van der Waals surface area contributed by atoms with Crippen molar-refractivity contribution in [3.05, 3.63) is 103 Å². The van der Waals surface area contributed by atoms with Crippen LogP contribution in [-0.2, 0) is 0 Å². The van der Waals surface area contributed by atoms with Crippen molar-refractivity contribution in [2.24, 2.45) is 0 Å². The fraction of sp³-hybridized carbons (Fsp3) is 0. The van der Waals surface area contributed by atoms with Gasteiger partial charge in [0.05, 0.1) is 11.0 Å². The van der Waals surface area contributed by atoms with Crippen molar-refractivity contribution in [2.45, 2.75) is 0 Å². The average molecular weight is 480 g/mol. The van der Waals surface area contributed by atoms with Gasteiger partial charge in [-0.25, -0.2) is 0 Å². The molecule has 0 spiro atoms. The van der Waals surface area contributed by atoms with E-state index in [-0.39, 0.29) is 0 Å². The number of rotatable bonds is 0. The molecule has 0 aliphatic rings. The van der Waals surface area contributed by atoms with Gasteiger partial charge in [-0.05, 0) is 41.8 Å². The van der Waals surface area contributed by atoms with Crippen LogP contribution in [-0.4, -0.2) is 4.40 Å². The zero-order valence-electron chi connectivity index (χ0n) is 18.6. The van der Waals surface area contributed by atoms with Crippen LogP contribution in [0.1, 0.15) is 0 Å². The number of hydrogen-bond acceptors (Lipinski definition) is 2. The largest absolute Gasteiger partial charge is 0.315 e. The van der Waals surface area contributed by atoms with Crippen LogP contribution in [0.5, 0.6) is 0 Å². The van der Waals surface area contributed by atoms with E-state index in [0.717, 1.165) is 0 Å². The summed E-state index contributed by atoms with van der Waals surface area (Å²) in [4.78, 5) is 0. The second-order valence-corrected chi connectivity index (χ2v) is 11.6. The Morgan fingerprint density at radius 1 is 0.429 bits per heavy atom. The van der Waals surface area contributed by atoms with Gasteiger partial charge < -0.3 is 4.40 Å². The molecule has 9 rings (SSSR count). The second-order valence-electron chi connectivity index (χ2n) is 9.39. The first-order valence-electron chi connectivity index (χ1n) is 11.9. The number of nitrogens with zero attached hydrogens (tertiary/aromatic N) is 1. The highest BCUT2D eigenvalue weighted by Crippen LogP contribution is 2.44. The first-order chi connectivity index (χ1) is 17.3. The molecule has 0 unspecified atom stereocenters. The molecule has 4 heterocycles. The Bertz CT molecular complexity index is 2330. The first-order valence-corrected chi connectivity index (χ1v) is 13.5. The molecule has 0 aliphatic carbocycles. The van der Waals surface area contributed by atoms with Crippen LogP contribution in [0.25, 0.3) is 78.3 Å². The van der Waals surface area contributed by atoms with E-state index >= 15 is 0 Å². The van der Waals surface area contributed by atoms with Crippen molar-refractivity contribution in [1.29, 1.82) is 0 Å². The normalized spacial score (nSPS) is 12.6. The molecule has 0 radical (unpaired) electrons. The van der Waals surface area contributed by atoms with Gasteiger partial charge in [0.2, 0.25) is 0 Å². The predicted molar refractivity (Wildman–Crippen MR) is 156 cm³/mol. The molecule has 9 aromatic rings. The summed E-state index contributed by atoms with van der Waals surface area (Å²) < 4.78 is 7.85. The summed E-state index contributed by atoms with van der Waals surface area (Å²) in [5.41, 5.74) is 2.58. The summed E-state index contributed by atoms with van der Waals surface area (Å²) in [5, 5.41) is 12.0. The summed E-state index contributed by atoms with van der Waals surface area (Å²) in [6.07, 6.45) is 2.32. The van der Waals surface area contributed by atoms with Crippen LogP contribution in [0.15, 0.2) is 103 Å². The van der Waals surface area contributed by atoms with E-state index in [1.165, 1.54) is 78.3 Å². The smallest absolute Gasteiger partial charge is 0.0613 e. The van der Waals surface area contributed by atoms with Gasteiger partial charge >= 0.3 is 0 Å². The van der Waals surface area contributed by atoms with E-state index in [9.17, 15) is 0 Å². The van der Waals surface area contributed by atoms with Crippen LogP contribution in [0.2, 0.25) is 0 Å².